The lowest BCUT2D eigenvalue weighted by molar-refractivity contribution is 0.102. The molecular formula is C18H14Cl2N4O. The van der Waals surface area contributed by atoms with Crippen molar-refractivity contribution in [3.8, 4) is 0 Å². The van der Waals surface area contributed by atoms with Crippen molar-refractivity contribution in [2.45, 2.75) is 6.92 Å². The van der Waals surface area contributed by atoms with Crippen molar-refractivity contribution < 1.29 is 4.79 Å². The van der Waals surface area contributed by atoms with Gasteiger partial charge in [-0.1, -0.05) is 29.3 Å². The Morgan fingerprint density at radius 1 is 0.920 bits per heavy atom. The number of aromatic nitrogens is 2. The third-order valence-electron chi connectivity index (χ3n) is 3.27. The Bertz CT molecular complexity index is 913. The Morgan fingerprint density at radius 2 is 1.68 bits per heavy atom. The topological polar surface area (TPSA) is 66.9 Å². The van der Waals surface area contributed by atoms with Crippen LogP contribution in [0, 0.1) is 6.92 Å². The molecule has 3 aromatic rings. The van der Waals surface area contributed by atoms with E-state index in [4.69, 9.17) is 23.2 Å². The second-order valence-electron chi connectivity index (χ2n) is 5.28. The molecule has 0 aliphatic heterocycles. The monoisotopic (exact) mass is 372 g/mol. The van der Waals surface area contributed by atoms with Gasteiger partial charge in [-0.05, 0) is 49.4 Å². The molecule has 0 atom stereocenters. The number of hydrogen-bond donors (Lipinski definition) is 2. The lowest BCUT2D eigenvalue weighted by Crippen LogP contribution is -2.15. The minimum Gasteiger partial charge on any atom is -0.340 e. The molecule has 3 rings (SSSR count). The number of nitrogens with zero attached hydrogens (tertiary/aromatic N) is 2. The zero-order valence-corrected chi connectivity index (χ0v) is 14.8. The third kappa shape index (κ3) is 4.68. The summed E-state index contributed by atoms with van der Waals surface area (Å²) in [6.07, 6.45) is 0. The van der Waals surface area contributed by atoms with Gasteiger partial charge in [0.2, 0.25) is 0 Å². The van der Waals surface area contributed by atoms with E-state index in [1.54, 1.807) is 49.4 Å². The Labute approximate surface area is 155 Å². The molecule has 0 unspecified atom stereocenters. The van der Waals surface area contributed by atoms with Crippen LogP contribution in [0.5, 0.6) is 0 Å². The van der Waals surface area contributed by atoms with Gasteiger partial charge in [0, 0.05) is 27.5 Å². The standard InChI is InChI=1S/C18H14Cl2N4O/c1-11-21-16(18(25)24-15-4-2-3-13(20)9-15)10-17(22-11)23-14-7-5-12(19)6-8-14/h2-10H,1H3,(H,24,25)(H,21,22,23). The fourth-order valence-electron chi connectivity index (χ4n) is 2.19. The van der Waals surface area contributed by atoms with E-state index < -0.39 is 0 Å². The van der Waals surface area contributed by atoms with Gasteiger partial charge in [-0.2, -0.15) is 0 Å². The number of anilines is 3. The van der Waals surface area contributed by atoms with Gasteiger partial charge in [-0.25, -0.2) is 9.97 Å². The first-order valence-corrected chi connectivity index (χ1v) is 8.20. The molecule has 0 saturated carbocycles. The van der Waals surface area contributed by atoms with Crippen molar-refractivity contribution in [2.24, 2.45) is 0 Å². The molecule has 5 nitrogen and oxygen atoms in total. The van der Waals surface area contributed by atoms with Crippen LogP contribution in [0.4, 0.5) is 17.2 Å². The van der Waals surface area contributed by atoms with E-state index in [1.807, 2.05) is 12.1 Å². The number of carbonyl (C=O) groups is 1. The van der Waals surface area contributed by atoms with Crippen LogP contribution in [-0.4, -0.2) is 15.9 Å². The number of amides is 1. The van der Waals surface area contributed by atoms with Crippen LogP contribution in [0.15, 0.2) is 54.6 Å². The van der Waals surface area contributed by atoms with Gasteiger partial charge in [-0.15, -0.1) is 0 Å². The van der Waals surface area contributed by atoms with Crippen LogP contribution < -0.4 is 10.6 Å². The van der Waals surface area contributed by atoms with Gasteiger partial charge in [0.15, 0.2) is 0 Å². The maximum absolute atomic E-state index is 12.4. The number of aryl methyl sites for hydroxylation is 1. The average Bonchev–Trinajstić information content (AvgIpc) is 2.56. The van der Waals surface area contributed by atoms with Crippen LogP contribution in [0.2, 0.25) is 10.0 Å². The normalized spacial score (nSPS) is 10.4. The molecule has 1 aromatic heterocycles. The number of hydrogen-bond acceptors (Lipinski definition) is 4. The van der Waals surface area contributed by atoms with E-state index in [2.05, 4.69) is 20.6 Å². The number of benzene rings is 2. The highest BCUT2D eigenvalue weighted by Crippen LogP contribution is 2.19. The zero-order chi connectivity index (χ0) is 17.8. The largest absolute Gasteiger partial charge is 0.340 e. The number of halogens is 2. The predicted molar refractivity (Wildman–Crippen MR) is 101 cm³/mol. The molecule has 25 heavy (non-hydrogen) atoms. The summed E-state index contributed by atoms with van der Waals surface area (Å²) >= 11 is 11.8. The molecular weight excluding hydrogens is 359 g/mol. The molecule has 0 radical (unpaired) electrons. The van der Waals surface area contributed by atoms with Crippen LogP contribution in [0.3, 0.4) is 0 Å². The van der Waals surface area contributed by atoms with E-state index in [0.717, 1.165) is 5.69 Å². The summed E-state index contributed by atoms with van der Waals surface area (Å²) in [5, 5.41) is 7.08. The molecule has 2 aromatic carbocycles. The molecule has 1 heterocycles. The van der Waals surface area contributed by atoms with Crippen molar-refractivity contribution >= 4 is 46.3 Å². The van der Waals surface area contributed by atoms with Gasteiger partial charge in [0.05, 0.1) is 0 Å². The first-order valence-electron chi connectivity index (χ1n) is 7.45. The van der Waals surface area contributed by atoms with E-state index in [9.17, 15) is 4.79 Å². The highest BCUT2D eigenvalue weighted by Gasteiger charge is 2.11. The summed E-state index contributed by atoms with van der Waals surface area (Å²) < 4.78 is 0. The molecule has 0 aliphatic carbocycles. The van der Waals surface area contributed by atoms with Crippen LogP contribution in [0.25, 0.3) is 0 Å². The molecule has 0 spiro atoms. The Hall–Kier alpha value is -2.63. The summed E-state index contributed by atoms with van der Waals surface area (Å²) in [5.74, 6) is 0.660. The second kappa shape index (κ2) is 7.51. The van der Waals surface area contributed by atoms with Gasteiger partial charge < -0.3 is 10.6 Å². The van der Waals surface area contributed by atoms with Gasteiger partial charge in [0.25, 0.3) is 5.91 Å². The second-order valence-corrected chi connectivity index (χ2v) is 6.15. The van der Waals surface area contributed by atoms with Crippen molar-refractivity contribution in [3.05, 3.63) is 76.2 Å². The summed E-state index contributed by atoms with van der Waals surface area (Å²) in [5.41, 5.74) is 1.66. The zero-order valence-electron chi connectivity index (χ0n) is 13.3. The quantitative estimate of drug-likeness (QED) is 0.669. The minimum atomic E-state index is -0.341. The van der Waals surface area contributed by atoms with Crippen LogP contribution in [0.1, 0.15) is 16.3 Å². The molecule has 0 saturated heterocycles. The summed E-state index contributed by atoms with van der Waals surface area (Å²) in [7, 11) is 0. The predicted octanol–water partition coefficient (Wildman–Crippen LogP) is 5.09. The molecule has 2 N–H and O–H groups in total. The number of rotatable bonds is 4. The molecule has 0 fully saturated rings. The third-order valence-corrected chi connectivity index (χ3v) is 3.76. The van der Waals surface area contributed by atoms with Crippen molar-refractivity contribution in [3.63, 3.8) is 0 Å². The van der Waals surface area contributed by atoms with Crippen LogP contribution >= 0.6 is 23.2 Å². The Kier molecular flexibility index (Phi) is 5.16. The lowest BCUT2D eigenvalue weighted by atomic mass is 10.3. The van der Waals surface area contributed by atoms with E-state index in [-0.39, 0.29) is 11.6 Å². The van der Waals surface area contributed by atoms with Gasteiger partial charge >= 0.3 is 0 Å². The molecule has 7 heteroatoms. The average molecular weight is 373 g/mol. The molecule has 0 bridgehead atoms. The number of nitrogens with one attached hydrogen (secondary N) is 2. The Balaban J connectivity index is 1.80. The van der Waals surface area contributed by atoms with Crippen molar-refractivity contribution in [1.82, 2.24) is 9.97 Å². The highest BCUT2D eigenvalue weighted by atomic mass is 35.5. The maximum Gasteiger partial charge on any atom is 0.274 e. The van der Waals surface area contributed by atoms with E-state index >= 15 is 0 Å². The number of carbonyl (C=O) groups excluding carboxylic acids is 1. The van der Waals surface area contributed by atoms with Crippen molar-refractivity contribution in [1.29, 1.82) is 0 Å². The molecule has 126 valence electrons. The van der Waals surface area contributed by atoms with E-state index in [0.29, 0.717) is 27.4 Å². The van der Waals surface area contributed by atoms with Crippen LogP contribution in [-0.2, 0) is 0 Å². The lowest BCUT2D eigenvalue weighted by Gasteiger charge is -2.09. The molecule has 1 amide bonds. The first kappa shape index (κ1) is 17.2. The SMILES string of the molecule is Cc1nc(Nc2ccc(Cl)cc2)cc(C(=O)Nc2cccc(Cl)c2)n1. The first-order chi connectivity index (χ1) is 12.0. The summed E-state index contributed by atoms with van der Waals surface area (Å²) in [4.78, 5) is 20.9. The van der Waals surface area contributed by atoms with E-state index in [1.165, 1.54) is 0 Å². The van der Waals surface area contributed by atoms with Gasteiger partial charge in [0.1, 0.15) is 17.3 Å². The Morgan fingerprint density at radius 3 is 2.40 bits per heavy atom. The smallest absolute Gasteiger partial charge is 0.274 e. The highest BCUT2D eigenvalue weighted by molar-refractivity contribution is 6.31. The summed E-state index contributed by atoms with van der Waals surface area (Å²) in [6.45, 7) is 1.73. The maximum atomic E-state index is 12.4. The minimum absolute atomic E-state index is 0.254. The fraction of sp³-hybridized carbons (Fsp3) is 0.0556. The van der Waals surface area contributed by atoms with Gasteiger partial charge in [-0.3, -0.25) is 4.79 Å². The summed E-state index contributed by atoms with van der Waals surface area (Å²) in [6, 6.07) is 15.7. The fourth-order valence-corrected chi connectivity index (χ4v) is 2.51. The molecule has 0 aliphatic rings. The van der Waals surface area contributed by atoms with Crippen molar-refractivity contribution in [2.75, 3.05) is 10.6 Å².